The van der Waals surface area contributed by atoms with Crippen LogP contribution in [0.4, 0.5) is 0 Å². The second-order valence-corrected chi connectivity index (χ2v) is 6.54. The number of nitrogens with zero attached hydrogens (tertiary/aromatic N) is 1. The standard InChI is InChI=1S/C10H14Cl2N2OS/c1-9(6-10(9,11)12)7(15)13-8(16)14-4-2-3-5-14/h2-6H2,1H3,(H,13,15,16). The number of amides is 1. The summed E-state index contributed by atoms with van der Waals surface area (Å²) in [6.07, 6.45) is 2.74. The van der Waals surface area contributed by atoms with E-state index in [1.54, 1.807) is 6.92 Å². The molecule has 0 spiro atoms. The number of carbonyl (C=O) groups is 1. The van der Waals surface area contributed by atoms with Crippen molar-refractivity contribution >= 4 is 46.4 Å². The number of halogens is 2. The van der Waals surface area contributed by atoms with Crippen LogP contribution in [0.15, 0.2) is 0 Å². The lowest BCUT2D eigenvalue weighted by Crippen LogP contribution is -2.44. The fourth-order valence-corrected chi connectivity index (χ4v) is 2.86. The van der Waals surface area contributed by atoms with Crippen LogP contribution in [0.2, 0.25) is 0 Å². The number of carbonyl (C=O) groups excluding carboxylic acids is 1. The molecule has 6 heteroatoms. The van der Waals surface area contributed by atoms with Gasteiger partial charge in [0.2, 0.25) is 5.91 Å². The first kappa shape index (κ1) is 12.4. The number of nitrogens with one attached hydrogen (secondary N) is 1. The molecule has 1 N–H and O–H groups in total. The molecule has 1 aliphatic carbocycles. The zero-order valence-electron chi connectivity index (χ0n) is 9.06. The lowest BCUT2D eigenvalue weighted by Gasteiger charge is -2.20. The van der Waals surface area contributed by atoms with Gasteiger partial charge in [-0.15, -0.1) is 23.2 Å². The molecule has 1 heterocycles. The Morgan fingerprint density at radius 2 is 1.88 bits per heavy atom. The van der Waals surface area contributed by atoms with Crippen LogP contribution in [0.1, 0.15) is 26.2 Å². The lowest BCUT2D eigenvalue weighted by atomic mass is 10.1. The molecule has 0 radical (unpaired) electrons. The van der Waals surface area contributed by atoms with E-state index in [0.29, 0.717) is 11.5 Å². The Labute approximate surface area is 110 Å². The molecule has 2 rings (SSSR count). The van der Waals surface area contributed by atoms with Gasteiger partial charge in [0.25, 0.3) is 0 Å². The number of thiocarbonyl (C=S) groups is 1. The molecular formula is C10H14Cl2N2OS. The Morgan fingerprint density at radius 3 is 2.31 bits per heavy atom. The Morgan fingerprint density at radius 1 is 1.38 bits per heavy atom. The quantitative estimate of drug-likeness (QED) is 0.590. The van der Waals surface area contributed by atoms with E-state index in [4.69, 9.17) is 35.4 Å². The van der Waals surface area contributed by atoms with Crippen LogP contribution in [0.3, 0.4) is 0 Å². The number of hydrogen-bond acceptors (Lipinski definition) is 2. The Bertz CT molecular complexity index is 342. The molecular weight excluding hydrogens is 267 g/mol. The van der Waals surface area contributed by atoms with Gasteiger partial charge in [0.1, 0.15) is 4.33 Å². The summed E-state index contributed by atoms with van der Waals surface area (Å²) in [6, 6.07) is 0. The minimum absolute atomic E-state index is 0.172. The summed E-state index contributed by atoms with van der Waals surface area (Å²) < 4.78 is -0.933. The third-order valence-corrected chi connectivity index (χ3v) is 4.83. The van der Waals surface area contributed by atoms with Crippen LogP contribution >= 0.6 is 35.4 Å². The highest BCUT2D eigenvalue weighted by Gasteiger charge is 2.68. The molecule has 1 amide bonds. The SMILES string of the molecule is CC1(C(=O)NC(=S)N2CCCC2)CC1(Cl)Cl. The summed E-state index contributed by atoms with van der Waals surface area (Å²) in [7, 11) is 0. The second-order valence-electron chi connectivity index (χ2n) is 4.67. The fraction of sp³-hybridized carbons (Fsp3) is 0.800. The van der Waals surface area contributed by atoms with E-state index in [1.165, 1.54) is 0 Å². The molecule has 16 heavy (non-hydrogen) atoms. The van der Waals surface area contributed by atoms with E-state index >= 15 is 0 Å². The van der Waals surface area contributed by atoms with Crippen molar-refractivity contribution < 1.29 is 4.79 Å². The third kappa shape index (κ3) is 2.03. The van der Waals surface area contributed by atoms with Crippen molar-refractivity contribution in [3.63, 3.8) is 0 Å². The van der Waals surface area contributed by atoms with Crippen LogP contribution in [0, 0.1) is 5.41 Å². The molecule has 0 aromatic rings. The number of alkyl halides is 2. The minimum Gasteiger partial charge on any atom is -0.349 e. The maximum Gasteiger partial charge on any atom is 0.235 e. The monoisotopic (exact) mass is 280 g/mol. The van der Waals surface area contributed by atoms with Gasteiger partial charge in [0.15, 0.2) is 5.11 Å². The fourth-order valence-electron chi connectivity index (χ4n) is 1.88. The van der Waals surface area contributed by atoms with Crippen molar-refractivity contribution in [1.29, 1.82) is 0 Å². The Hall–Kier alpha value is -0.0600. The molecule has 1 saturated heterocycles. The van der Waals surface area contributed by atoms with Crippen LogP contribution in [-0.4, -0.2) is 33.3 Å². The topological polar surface area (TPSA) is 32.3 Å². The molecule has 0 aromatic carbocycles. The van der Waals surface area contributed by atoms with Crippen molar-refractivity contribution in [2.75, 3.05) is 13.1 Å². The molecule has 1 unspecified atom stereocenters. The summed E-state index contributed by atoms with van der Waals surface area (Å²) in [6.45, 7) is 3.60. The first-order chi connectivity index (χ1) is 7.37. The van der Waals surface area contributed by atoms with Gasteiger partial charge in [-0.25, -0.2) is 0 Å². The van der Waals surface area contributed by atoms with E-state index in [2.05, 4.69) is 5.32 Å². The van der Waals surface area contributed by atoms with Gasteiger partial charge in [-0.3, -0.25) is 4.79 Å². The highest BCUT2D eigenvalue weighted by molar-refractivity contribution is 7.80. The average molecular weight is 281 g/mol. The van der Waals surface area contributed by atoms with Crippen LogP contribution in [0.25, 0.3) is 0 Å². The average Bonchev–Trinajstić information content (AvgIpc) is 2.63. The number of likely N-dealkylation sites (tertiary alicyclic amines) is 1. The highest BCUT2D eigenvalue weighted by atomic mass is 35.5. The summed E-state index contributed by atoms with van der Waals surface area (Å²) in [5, 5.41) is 3.23. The highest BCUT2D eigenvalue weighted by Crippen LogP contribution is 2.63. The van der Waals surface area contributed by atoms with Gasteiger partial charge in [-0.05, 0) is 38.4 Å². The molecule has 90 valence electrons. The van der Waals surface area contributed by atoms with E-state index in [1.807, 2.05) is 4.90 Å². The predicted octanol–water partition coefficient (Wildman–Crippen LogP) is 2.07. The van der Waals surface area contributed by atoms with Crippen LogP contribution in [-0.2, 0) is 4.79 Å². The third-order valence-electron chi connectivity index (χ3n) is 3.37. The van der Waals surface area contributed by atoms with Gasteiger partial charge in [0, 0.05) is 13.1 Å². The van der Waals surface area contributed by atoms with Gasteiger partial charge >= 0.3 is 0 Å². The van der Waals surface area contributed by atoms with Gasteiger partial charge in [-0.2, -0.15) is 0 Å². The van der Waals surface area contributed by atoms with E-state index in [9.17, 15) is 4.79 Å². The number of rotatable bonds is 1. The summed E-state index contributed by atoms with van der Waals surface area (Å²) in [4.78, 5) is 13.9. The lowest BCUT2D eigenvalue weighted by molar-refractivity contribution is -0.124. The smallest absolute Gasteiger partial charge is 0.235 e. The molecule has 0 bridgehead atoms. The minimum atomic E-state index is -0.933. The zero-order chi connectivity index (χ0) is 12.0. The molecule has 0 aromatic heterocycles. The first-order valence-electron chi connectivity index (χ1n) is 5.35. The van der Waals surface area contributed by atoms with Crippen molar-refractivity contribution in [2.24, 2.45) is 5.41 Å². The molecule has 2 fully saturated rings. The maximum absolute atomic E-state index is 11.9. The molecule has 1 aliphatic heterocycles. The largest absolute Gasteiger partial charge is 0.349 e. The van der Waals surface area contributed by atoms with Gasteiger partial charge in [0.05, 0.1) is 5.41 Å². The predicted molar refractivity (Wildman–Crippen MR) is 68.7 cm³/mol. The Kier molecular flexibility index (Phi) is 3.10. The molecule has 1 atom stereocenters. The molecule has 1 saturated carbocycles. The van der Waals surface area contributed by atoms with Gasteiger partial charge in [-0.1, -0.05) is 0 Å². The normalized spacial score (nSPS) is 31.3. The zero-order valence-corrected chi connectivity index (χ0v) is 11.4. The van der Waals surface area contributed by atoms with Crippen molar-refractivity contribution in [3.8, 4) is 0 Å². The van der Waals surface area contributed by atoms with Crippen molar-refractivity contribution in [1.82, 2.24) is 10.2 Å². The van der Waals surface area contributed by atoms with E-state index in [-0.39, 0.29) is 5.91 Å². The van der Waals surface area contributed by atoms with Crippen molar-refractivity contribution in [2.45, 2.75) is 30.5 Å². The van der Waals surface area contributed by atoms with Crippen LogP contribution < -0.4 is 5.32 Å². The van der Waals surface area contributed by atoms with E-state index in [0.717, 1.165) is 25.9 Å². The van der Waals surface area contributed by atoms with Gasteiger partial charge < -0.3 is 10.2 Å². The Balaban J connectivity index is 1.91. The molecule has 3 nitrogen and oxygen atoms in total. The summed E-state index contributed by atoms with van der Waals surface area (Å²) >= 11 is 17.0. The van der Waals surface area contributed by atoms with E-state index < -0.39 is 9.75 Å². The number of hydrogen-bond donors (Lipinski definition) is 1. The van der Waals surface area contributed by atoms with Crippen LogP contribution in [0.5, 0.6) is 0 Å². The summed E-state index contributed by atoms with van der Waals surface area (Å²) in [5.74, 6) is -0.172. The second kappa shape index (κ2) is 4.00. The maximum atomic E-state index is 11.9. The first-order valence-corrected chi connectivity index (χ1v) is 6.51. The molecule has 2 aliphatic rings. The van der Waals surface area contributed by atoms with Crippen molar-refractivity contribution in [3.05, 3.63) is 0 Å². The summed E-state index contributed by atoms with van der Waals surface area (Å²) in [5.41, 5.74) is -0.695.